The largest absolute Gasteiger partial charge is 0.497 e. The van der Waals surface area contributed by atoms with Crippen molar-refractivity contribution < 1.29 is 19.1 Å². The minimum Gasteiger partial charge on any atom is -0.497 e. The number of nitrogens with zero attached hydrogens (tertiary/aromatic N) is 2. The molecule has 8 heteroatoms. The fraction of sp³-hybridized carbons (Fsp3) is 0.609. The lowest BCUT2D eigenvalue weighted by Gasteiger charge is -2.41. The first-order valence-electron chi connectivity index (χ1n) is 11.2. The van der Waals surface area contributed by atoms with E-state index in [0.717, 1.165) is 37.1 Å². The maximum absolute atomic E-state index is 13.1. The van der Waals surface area contributed by atoms with Gasteiger partial charge >= 0.3 is 0 Å². The maximum Gasteiger partial charge on any atom is 0.236 e. The van der Waals surface area contributed by atoms with Crippen LogP contribution in [0.1, 0.15) is 43.7 Å². The zero-order valence-electron chi connectivity index (χ0n) is 18.1. The molecule has 0 aromatic heterocycles. The number of primary amides is 1. The molecule has 3 aliphatic rings. The van der Waals surface area contributed by atoms with Gasteiger partial charge in [-0.1, -0.05) is 12.1 Å². The van der Waals surface area contributed by atoms with Crippen LogP contribution in [0.3, 0.4) is 0 Å². The number of hydrogen-bond acceptors (Lipinski definition) is 5. The standard InChI is InChI=1S/C23H32N4O4/c1-31-18-4-2-16(3-5-18)19-14-17(21(24)29)6-11-27(19)15-20(28)26-12-8-23(9-13-26)7-10-25-22(23)30/h2-5,17,19H,6-15H2,1H3,(H2,24,29)(H,25,30). The summed E-state index contributed by atoms with van der Waals surface area (Å²) >= 11 is 0. The summed E-state index contributed by atoms with van der Waals surface area (Å²) in [7, 11) is 1.63. The molecule has 8 nitrogen and oxygen atoms in total. The van der Waals surface area contributed by atoms with Crippen LogP contribution < -0.4 is 15.8 Å². The second kappa shape index (κ2) is 8.86. The van der Waals surface area contributed by atoms with E-state index in [4.69, 9.17) is 10.5 Å². The molecule has 1 aromatic carbocycles. The van der Waals surface area contributed by atoms with Crippen molar-refractivity contribution >= 4 is 17.7 Å². The quantitative estimate of drug-likeness (QED) is 0.730. The van der Waals surface area contributed by atoms with Crippen LogP contribution >= 0.6 is 0 Å². The zero-order valence-corrected chi connectivity index (χ0v) is 18.1. The smallest absolute Gasteiger partial charge is 0.236 e. The number of piperidine rings is 2. The van der Waals surface area contributed by atoms with Crippen molar-refractivity contribution in [3.8, 4) is 5.75 Å². The number of methoxy groups -OCH3 is 1. The predicted octanol–water partition coefficient (Wildman–Crippen LogP) is 1.06. The second-order valence-corrected chi connectivity index (χ2v) is 9.05. The Morgan fingerprint density at radius 2 is 1.87 bits per heavy atom. The van der Waals surface area contributed by atoms with Crippen molar-refractivity contribution in [3.63, 3.8) is 0 Å². The van der Waals surface area contributed by atoms with Crippen LogP contribution in [-0.2, 0) is 14.4 Å². The van der Waals surface area contributed by atoms with Crippen LogP contribution in [0.15, 0.2) is 24.3 Å². The van der Waals surface area contributed by atoms with Gasteiger partial charge < -0.3 is 20.7 Å². The van der Waals surface area contributed by atoms with E-state index in [2.05, 4.69) is 10.2 Å². The van der Waals surface area contributed by atoms with Crippen molar-refractivity contribution in [1.29, 1.82) is 0 Å². The number of nitrogens with one attached hydrogen (secondary N) is 1. The number of nitrogens with two attached hydrogens (primary N) is 1. The maximum atomic E-state index is 13.1. The van der Waals surface area contributed by atoms with Crippen molar-refractivity contribution in [2.75, 3.05) is 39.8 Å². The second-order valence-electron chi connectivity index (χ2n) is 9.05. The van der Waals surface area contributed by atoms with Gasteiger partial charge in [-0.2, -0.15) is 0 Å². The number of benzene rings is 1. The molecule has 4 rings (SSSR count). The van der Waals surface area contributed by atoms with Crippen molar-refractivity contribution in [1.82, 2.24) is 15.1 Å². The molecule has 2 unspecified atom stereocenters. The summed E-state index contributed by atoms with van der Waals surface area (Å²) in [5, 5.41) is 2.94. The van der Waals surface area contributed by atoms with Crippen LogP contribution in [0.25, 0.3) is 0 Å². The molecule has 0 saturated carbocycles. The van der Waals surface area contributed by atoms with Gasteiger partial charge in [-0.05, 0) is 49.8 Å². The molecule has 2 atom stereocenters. The first-order valence-corrected chi connectivity index (χ1v) is 11.2. The summed E-state index contributed by atoms with van der Waals surface area (Å²) in [5.41, 5.74) is 6.38. The Hall–Kier alpha value is -2.61. The lowest BCUT2D eigenvalue weighted by atomic mass is 9.77. The van der Waals surface area contributed by atoms with Crippen LogP contribution in [0.4, 0.5) is 0 Å². The molecule has 0 aliphatic carbocycles. The van der Waals surface area contributed by atoms with Crippen molar-refractivity contribution in [2.45, 2.75) is 38.1 Å². The van der Waals surface area contributed by atoms with E-state index >= 15 is 0 Å². The Labute approximate surface area is 183 Å². The molecule has 0 radical (unpaired) electrons. The molecule has 3 N–H and O–H groups in total. The predicted molar refractivity (Wildman–Crippen MR) is 115 cm³/mol. The highest BCUT2D eigenvalue weighted by Crippen LogP contribution is 2.39. The van der Waals surface area contributed by atoms with E-state index in [1.54, 1.807) is 7.11 Å². The molecule has 3 amide bonds. The van der Waals surface area contributed by atoms with Crippen LogP contribution in [0, 0.1) is 11.3 Å². The van der Waals surface area contributed by atoms with E-state index < -0.39 is 0 Å². The Morgan fingerprint density at radius 3 is 2.45 bits per heavy atom. The van der Waals surface area contributed by atoms with Gasteiger partial charge in [0.1, 0.15) is 5.75 Å². The van der Waals surface area contributed by atoms with E-state index in [1.807, 2.05) is 29.2 Å². The van der Waals surface area contributed by atoms with Gasteiger partial charge in [-0.15, -0.1) is 0 Å². The highest BCUT2D eigenvalue weighted by molar-refractivity contribution is 5.85. The van der Waals surface area contributed by atoms with Gasteiger partial charge in [0.25, 0.3) is 0 Å². The monoisotopic (exact) mass is 428 g/mol. The number of carbonyl (C=O) groups excluding carboxylic acids is 3. The van der Waals surface area contributed by atoms with Gasteiger partial charge in [0.15, 0.2) is 0 Å². The normalized spacial score (nSPS) is 26.0. The van der Waals surface area contributed by atoms with Crippen LogP contribution in [0.5, 0.6) is 5.75 Å². The van der Waals surface area contributed by atoms with Crippen LogP contribution in [0.2, 0.25) is 0 Å². The third-order valence-electron chi connectivity index (χ3n) is 7.40. The van der Waals surface area contributed by atoms with Gasteiger partial charge in [0.05, 0.1) is 19.1 Å². The lowest BCUT2D eigenvalue weighted by Crippen LogP contribution is -2.50. The molecule has 31 heavy (non-hydrogen) atoms. The topological polar surface area (TPSA) is 105 Å². The molecule has 0 bridgehead atoms. The molecule has 1 aromatic rings. The van der Waals surface area contributed by atoms with E-state index in [9.17, 15) is 14.4 Å². The van der Waals surface area contributed by atoms with Gasteiger partial charge in [0.2, 0.25) is 17.7 Å². The first kappa shape index (κ1) is 21.6. The lowest BCUT2D eigenvalue weighted by molar-refractivity contribution is -0.140. The SMILES string of the molecule is COc1ccc(C2CC(C(N)=O)CCN2CC(=O)N2CCC3(CCNC3=O)CC2)cc1. The van der Waals surface area contributed by atoms with E-state index in [-0.39, 0.29) is 35.1 Å². The number of amides is 3. The number of carbonyl (C=O) groups is 3. The summed E-state index contributed by atoms with van der Waals surface area (Å²) in [6.45, 7) is 2.94. The molecule has 3 fully saturated rings. The summed E-state index contributed by atoms with van der Waals surface area (Å²) in [4.78, 5) is 41.2. The molecule has 1 spiro atoms. The number of hydrogen-bond donors (Lipinski definition) is 2. The van der Waals surface area contributed by atoms with Crippen molar-refractivity contribution in [3.05, 3.63) is 29.8 Å². The van der Waals surface area contributed by atoms with Crippen molar-refractivity contribution in [2.24, 2.45) is 17.1 Å². The minimum absolute atomic E-state index is 0.0437. The zero-order chi connectivity index (χ0) is 22.0. The van der Waals surface area contributed by atoms with E-state index in [1.165, 1.54) is 0 Å². The highest BCUT2D eigenvalue weighted by Gasteiger charge is 2.45. The fourth-order valence-corrected chi connectivity index (χ4v) is 5.29. The molecule has 3 aliphatic heterocycles. The Kier molecular flexibility index (Phi) is 6.18. The van der Waals surface area contributed by atoms with Gasteiger partial charge in [-0.25, -0.2) is 0 Å². The Bertz CT molecular complexity index is 832. The van der Waals surface area contributed by atoms with Gasteiger partial charge in [-0.3, -0.25) is 19.3 Å². The fourth-order valence-electron chi connectivity index (χ4n) is 5.29. The Morgan fingerprint density at radius 1 is 1.16 bits per heavy atom. The summed E-state index contributed by atoms with van der Waals surface area (Å²) in [5.74, 6) is 0.540. The van der Waals surface area contributed by atoms with Crippen LogP contribution in [-0.4, -0.2) is 67.4 Å². The average molecular weight is 429 g/mol. The minimum atomic E-state index is -0.277. The molecule has 3 heterocycles. The number of likely N-dealkylation sites (tertiary alicyclic amines) is 2. The van der Waals surface area contributed by atoms with Gasteiger partial charge in [0, 0.05) is 38.1 Å². The first-order chi connectivity index (χ1) is 14.9. The summed E-state index contributed by atoms with van der Waals surface area (Å²) in [6, 6.07) is 7.75. The number of rotatable bonds is 5. The molecular weight excluding hydrogens is 396 g/mol. The average Bonchev–Trinajstić information content (AvgIpc) is 3.13. The number of ether oxygens (including phenoxy) is 1. The third-order valence-corrected chi connectivity index (χ3v) is 7.40. The summed E-state index contributed by atoms with van der Waals surface area (Å²) < 4.78 is 5.26. The molecule has 168 valence electrons. The highest BCUT2D eigenvalue weighted by atomic mass is 16.5. The third kappa shape index (κ3) is 4.39. The summed E-state index contributed by atoms with van der Waals surface area (Å²) in [6.07, 6.45) is 3.61. The molecule has 3 saturated heterocycles. The Balaban J connectivity index is 1.43. The van der Waals surface area contributed by atoms with E-state index in [0.29, 0.717) is 39.0 Å². The molecular formula is C23H32N4O4.